The van der Waals surface area contributed by atoms with Gasteiger partial charge in [-0.2, -0.15) is 0 Å². The summed E-state index contributed by atoms with van der Waals surface area (Å²) >= 11 is 8.76. The first-order chi connectivity index (χ1) is 6.09. The quantitative estimate of drug-likeness (QED) is 0.863. The topological polar surface area (TPSA) is 44.9 Å². The van der Waals surface area contributed by atoms with Gasteiger partial charge in [-0.3, -0.25) is 4.79 Å². The molecule has 0 fully saturated rings. The molecule has 5 heteroatoms. The molecule has 1 rings (SSSR count). The molecule has 0 aliphatic rings. The van der Waals surface area contributed by atoms with E-state index in [1.807, 2.05) is 0 Å². The lowest BCUT2D eigenvalue weighted by Gasteiger charge is -2.00. The molecule has 0 radical (unpaired) electrons. The summed E-state index contributed by atoms with van der Waals surface area (Å²) in [6.07, 6.45) is 1.55. The van der Waals surface area contributed by atoms with Crippen LogP contribution in [0.4, 0.5) is 0 Å². The molecule has 13 heavy (non-hydrogen) atoms. The molecule has 0 spiro atoms. The van der Waals surface area contributed by atoms with Gasteiger partial charge in [-0.25, -0.2) is 0 Å². The Morgan fingerprint density at radius 1 is 1.77 bits per heavy atom. The van der Waals surface area contributed by atoms with Crippen molar-refractivity contribution in [3.05, 3.63) is 34.0 Å². The monoisotopic (exact) mass is 262 g/mol. The van der Waals surface area contributed by atoms with Gasteiger partial charge < -0.3 is 10.3 Å². The summed E-state index contributed by atoms with van der Waals surface area (Å²) in [5, 5.41) is 3.15. The number of aromatic amines is 1. The zero-order valence-electron chi connectivity index (χ0n) is 6.73. The smallest absolute Gasteiger partial charge is 0.268 e. The zero-order chi connectivity index (χ0) is 9.84. The molecule has 0 aromatic carbocycles. The minimum atomic E-state index is -0.201. The van der Waals surface area contributed by atoms with Crippen LogP contribution in [0, 0.1) is 0 Å². The zero-order valence-corrected chi connectivity index (χ0v) is 9.08. The molecule has 1 amide bonds. The maximum Gasteiger partial charge on any atom is 0.268 e. The fraction of sp³-hybridized carbons (Fsp3) is 0.125. The Bertz CT molecular complexity index is 335. The minimum Gasteiger partial charge on any atom is -0.356 e. The maximum absolute atomic E-state index is 11.3. The SMILES string of the molecule is C=C(Br)CNC(=O)c1cc(Cl)c[nH]1. The second-order valence-electron chi connectivity index (χ2n) is 2.43. The van der Waals surface area contributed by atoms with Crippen molar-refractivity contribution in [3.8, 4) is 0 Å². The van der Waals surface area contributed by atoms with Gasteiger partial charge in [0, 0.05) is 17.2 Å². The highest BCUT2D eigenvalue weighted by Gasteiger charge is 2.06. The molecule has 0 atom stereocenters. The number of amides is 1. The first-order valence-electron chi connectivity index (χ1n) is 3.55. The van der Waals surface area contributed by atoms with Crippen molar-refractivity contribution in [2.75, 3.05) is 6.54 Å². The molecule has 0 saturated carbocycles. The van der Waals surface area contributed by atoms with E-state index >= 15 is 0 Å². The molecule has 70 valence electrons. The minimum absolute atomic E-state index is 0.201. The highest BCUT2D eigenvalue weighted by atomic mass is 79.9. The summed E-state index contributed by atoms with van der Waals surface area (Å²) in [5.41, 5.74) is 0.443. The highest BCUT2D eigenvalue weighted by Crippen LogP contribution is 2.09. The number of H-pyrrole nitrogens is 1. The van der Waals surface area contributed by atoms with Crippen LogP contribution in [-0.2, 0) is 0 Å². The molecular weight excluding hydrogens is 255 g/mol. The van der Waals surface area contributed by atoms with E-state index in [9.17, 15) is 4.79 Å². The molecule has 0 aliphatic heterocycles. The molecule has 0 bridgehead atoms. The second-order valence-corrected chi connectivity index (χ2v) is 3.99. The fourth-order valence-corrected chi connectivity index (χ4v) is 1.07. The van der Waals surface area contributed by atoms with Crippen LogP contribution in [0.2, 0.25) is 5.02 Å². The molecule has 1 aromatic rings. The molecule has 0 saturated heterocycles. The Hall–Kier alpha value is -0.740. The first-order valence-corrected chi connectivity index (χ1v) is 4.72. The number of hydrogen-bond donors (Lipinski definition) is 2. The molecular formula is C8H8BrClN2O. The van der Waals surface area contributed by atoms with Crippen molar-refractivity contribution in [2.45, 2.75) is 0 Å². The van der Waals surface area contributed by atoms with E-state index in [1.54, 1.807) is 12.3 Å². The van der Waals surface area contributed by atoms with Crippen LogP contribution in [0.1, 0.15) is 10.5 Å². The predicted molar refractivity (Wildman–Crippen MR) is 56.2 cm³/mol. The Labute approximate surface area is 89.3 Å². The molecule has 1 heterocycles. The number of nitrogens with one attached hydrogen (secondary N) is 2. The van der Waals surface area contributed by atoms with Crippen LogP contribution in [0.3, 0.4) is 0 Å². The Morgan fingerprint density at radius 2 is 2.46 bits per heavy atom. The van der Waals surface area contributed by atoms with Gasteiger partial charge in [0.05, 0.1) is 5.02 Å². The normalized spacial score (nSPS) is 9.69. The average molecular weight is 264 g/mol. The van der Waals surface area contributed by atoms with Gasteiger partial charge in [0.1, 0.15) is 5.69 Å². The lowest BCUT2D eigenvalue weighted by Crippen LogP contribution is -2.24. The average Bonchev–Trinajstić information content (AvgIpc) is 2.47. The number of aromatic nitrogens is 1. The third kappa shape index (κ3) is 3.24. The van der Waals surface area contributed by atoms with E-state index in [0.29, 0.717) is 17.3 Å². The highest BCUT2D eigenvalue weighted by molar-refractivity contribution is 9.11. The van der Waals surface area contributed by atoms with Crippen LogP contribution in [0.25, 0.3) is 0 Å². The van der Waals surface area contributed by atoms with Crippen molar-refractivity contribution in [3.63, 3.8) is 0 Å². The van der Waals surface area contributed by atoms with Gasteiger partial charge in [-0.15, -0.1) is 0 Å². The molecule has 0 unspecified atom stereocenters. The van der Waals surface area contributed by atoms with Crippen LogP contribution in [-0.4, -0.2) is 17.4 Å². The third-order valence-electron chi connectivity index (χ3n) is 1.33. The van der Waals surface area contributed by atoms with E-state index in [2.05, 4.69) is 32.8 Å². The molecule has 2 N–H and O–H groups in total. The van der Waals surface area contributed by atoms with Crippen LogP contribution >= 0.6 is 27.5 Å². The number of hydrogen-bond acceptors (Lipinski definition) is 1. The third-order valence-corrected chi connectivity index (χ3v) is 1.83. The van der Waals surface area contributed by atoms with Crippen molar-refractivity contribution in [1.82, 2.24) is 10.3 Å². The molecule has 1 aromatic heterocycles. The number of carbonyl (C=O) groups excluding carboxylic acids is 1. The van der Waals surface area contributed by atoms with Crippen LogP contribution < -0.4 is 5.32 Å². The van der Waals surface area contributed by atoms with Gasteiger partial charge >= 0.3 is 0 Å². The summed E-state index contributed by atoms with van der Waals surface area (Å²) < 4.78 is 0.721. The van der Waals surface area contributed by atoms with Crippen LogP contribution in [0.5, 0.6) is 0 Å². The van der Waals surface area contributed by atoms with E-state index in [-0.39, 0.29) is 5.91 Å². The van der Waals surface area contributed by atoms with E-state index in [1.165, 1.54) is 0 Å². The Balaban J connectivity index is 2.54. The number of carbonyl (C=O) groups is 1. The summed E-state index contributed by atoms with van der Waals surface area (Å²) in [5.74, 6) is -0.201. The van der Waals surface area contributed by atoms with Gasteiger partial charge in [-0.1, -0.05) is 34.1 Å². The van der Waals surface area contributed by atoms with Crippen molar-refractivity contribution in [1.29, 1.82) is 0 Å². The second kappa shape index (κ2) is 4.48. The number of rotatable bonds is 3. The maximum atomic E-state index is 11.3. The van der Waals surface area contributed by atoms with Gasteiger partial charge in [0.15, 0.2) is 0 Å². The largest absolute Gasteiger partial charge is 0.356 e. The van der Waals surface area contributed by atoms with Crippen molar-refractivity contribution < 1.29 is 4.79 Å². The first kappa shape index (κ1) is 10.3. The molecule has 3 nitrogen and oxygen atoms in total. The van der Waals surface area contributed by atoms with E-state index < -0.39 is 0 Å². The lowest BCUT2D eigenvalue weighted by atomic mass is 10.4. The Morgan fingerprint density at radius 3 is 2.92 bits per heavy atom. The van der Waals surface area contributed by atoms with Crippen LogP contribution in [0.15, 0.2) is 23.3 Å². The van der Waals surface area contributed by atoms with Gasteiger partial charge in [0.25, 0.3) is 5.91 Å². The summed E-state index contributed by atoms with van der Waals surface area (Å²) in [7, 11) is 0. The van der Waals surface area contributed by atoms with Gasteiger partial charge in [0.2, 0.25) is 0 Å². The summed E-state index contributed by atoms with van der Waals surface area (Å²) in [6.45, 7) is 3.99. The fourth-order valence-electron chi connectivity index (χ4n) is 0.770. The molecule has 0 aliphatic carbocycles. The summed E-state index contributed by atoms with van der Waals surface area (Å²) in [4.78, 5) is 14.0. The predicted octanol–water partition coefficient (Wildman–Crippen LogP) is 2.31. The lowest BCUT2D eigenvalue weighted by molar-refractivity contribution is 0.0953. The summed E-state index contributed by atoms with van der Waals surface area (Å²) in [6, 6.07) is 1.56. The number of halogens is 2. The standard InChI is InChI=1S/C8H8BrClN2O/c1-5(9)3-12-8(13)7-2-6(10)4-11-7/h2,4,11H,1,3H2,(H,12,13). The van der Waals surface area contributed by atoms with E-state index in [0.717, 1.165) is 4.48 Å². The van der Waals surface area contributed by atoms with Gasteiger partial charge in [-0.05, 0) is 6.07 Å². The van der Waals surface area contributed by atoms with E-state index in [4.69, 9.17) is 11.6 Å². The van der Waals surface area contributed by atoms with Crippen molar-refractivity contribution in [2.24, 2.45) is 0 Å². The Kier molecular flexibility index (Phi) is 3.57. The van der Waals surface area contributed by atoms with Crippen molar-refractivity contribution >= 4 is 33.4 Å².